The van der Waals surface area contributed by atoms with Gasteiger partial charge in [0.2, 0.25) is 15.9 Å². The second-order valence-electron chi connectivity index (χ2n) is 7.00. The Bertz CT molecular complexity index is 782. The van der Waals surface area contributed by atoms with Gasteiger partial charge in [-0.15, -0.1) is 12.4 Å². The van der Waals surface area contributed by atoms with Crippen molar-refractivity contribution in [3.63, 3.8) is 0 Å². The predicted octanol–water partition coefficient (Wildman–Crippen LogP) is 1.64. The monoisotopic (exact) mass is 423 g/mol. The van der Waals surface area contributed by atoms with Crippen LogP contribution in [0.3, 0.4) is 0 Å². The first-order chi connectivity index (χ1) is 12.3. The number of carbonyl (C=O) groups excluding carboxylic acids is 1. The molecule has 1 aliphatic heterocycles. The highest BCUT2D eigenvalue weighted by atomic mass is 35.5. The summed E-state index contributed by atoms with van der Waals surface area (Å²) in [7, 11) is -4.13. The predicted molar refractivity (Wildman–Crippen MR) is 98.8 cm³/mol. The lowest BCUT2D eigenvalue weighted by atomic mass is 9.97. The molecule has 1 aromatic rings. The fourth-order valence-electron chi connectivity index (χ4n) is 3.23. The van der Waals surface area contributed by atoms with Crippen molar-refractivity contribution in [3.8, 4) is 0 Å². The fraction of sp³-hybridized carbons (Fsp3) is 0.588. The van der Waals surface area contributed by atoms with E-state index in [9.17, 15) is 22.0 Å². The summed E-state index contributed by atoms with van der Waals surface area (Å²) in [6.45, 7) is 0.604. The molecule has 3 rings (SSSR count). The minimum absolute atomic E-state index is 0. The van der Waals surface area contributed by atoms with Gasteiger partial charge in [0.05, 0.1) is 0 Å². The van der Waals surface area contributed by atoms with Crippen LogP contribution in [0.25, 0.3) is 0 Å². The summed E-state index contributed by atoms with van der Waals surface area (Å²) in [6.07, 6.45) is 2.87. The molecule has 1 heterocycles. The van der Waals surface area contributed by atoms with E-state index < -0.39 is 26.6 Å². The number of halogens is 3. The van der Waals surface area contributed by atoms with E-state index in [0.717, 1.165) is 29.3 Å². The van der Waals surface area contributed by atoms with Gasteiger partial charge in [-0.1, -0.05) is 0 Å². The number of nitrogens with two attached hydrogens (primary N) is 1. The van der Waals surface area contributed by atoms with Crippen LogP contribution < -0.4 is 11.1 Å². The average Bonchev–Trinajstić information content (AvgIpc) is 3.46. The molecule has 0 aromatic heterocycles. The molecule has 2 fully saturated rings. The van der Waals surface area contributed by atoms with Gasteiger partial charge in [-0.25, -0.2) is 17.2 Å². The number of nitrogens with one attached hydrogen (secondary N) is 1. The molecule has 1 saturated heterocycles. The van der Waals surface area contributed by atoms with Crippen molar-refractivity contribution in [1.29, 1.82) is 0 Å². The van der Waals surface area contributed by atoms with Crippen LogP contribution >= 0.6 is 12.4 Å². The highest BCUT2D eigenvalue weighted by Gasteiger charge is 2.34. The maximum absolute atomic E-state index is 13.8. The quantitative estimate of drug-likeness (QED) is 0.727. The zero-order chi connectivity index (χ0) is 18.9. The van der Waals surface area contributed by atoms with Crippen molar-refractivity contribution < 1.29 is 22.0 Å². The van der Waals surface area contributed by atoms with E-state index in [1.807, 2.05) is 0 Å². The van der Waals surface area contributed by atoms with Gasteiger partial charge in [-0.3, -0.25) is 4.79 Å². The Kier molecular flexibility index (Phi) is 7.18. The Morgan fingerprint density at radius 3 is 2.44 bits per heavy atom. The number of hydrogen-bond donors (Lipinski definition) is 2. The SMILES string of the molecule is Cl.NC(CNC(=O)C1CCN(S(=O)(=O)c2cc(F)ccc2F)CC1)C1CC1. The van der Waals surface area contributed by atoms with E-state index >= 15 is 0 Å². The lowest BCUT2D eigenvalue weighted by Crippen LogP contribution is -2.45. The Labute approximate surface area is 163 Å². The number of benzene rings is 1. The van der Waals surface area contributed by atoms with Crippen LogP contribution in [0.5, 0.6) is 0 Å². The third kappa shape index (κ3) is 5.16. The summed E-state index contributed by atoms with van der Waals surface area (Å²) in [6, 6.07) is 2.32. The first-order valence-corrected chi connectivity index (χ1v) is 10.2. The Morgan fingerprint density at radius 2 is 1.85 bits per heavy atom. The van der Waals surface area contributed by atoms with Crippen molar-refractivity contribution in [2.45, 2.75) is 36.6 Å². The maximum atomic E-state index is 13.8. The molecule has 6 nitrogen and oxygen atoms in total. The van der Waals surface area contributed by atoms with Gasteiger partial charge < -0.3 is 11.1 Å². The summed E-state index contributed by atoms with van der Waals surface area (Å²) in [5, 5.41) is 2.83. The molecule has 3 N–H and O–H groups in total. The normalized spacial score (nSPS) is 20.0. The average molecular weight is 424 g/mol. The van der Waals surface area contributed by atoms with Gasteiger partial charge >= 0.3 is 0 Å². The Morgan fingerprint density at radius 1 is 1.22 bits per heavy atom. The van der Waals surface area contributed by atoms with Gasteiger partial charge in [0.25, 0.3) is 0 Å². The molecule has 2 aliphatic rings. The van der Waals surface area contributed by atoms with Gasteiger partial charge in [0.1, 0.15) is 16.5 Å². The fourth-order valence-corrected chi connectivity index (χ4v) is 4.77. The van der Waals surface area contributed by atoms with Crippen LogP contribution in [0.2, 0.25) is 0 Å². The van der Waals surface area contributed by atoms with Crippen molar-refractivity contribution in [2.75, 3.05) is 19.6 Å². The van der Waals surface area contributed by atoms with Crippen molar-refractivity contribution >= 4 is 28.3 Å². The van der Waals surface area contributed by atoms with Gasteiger partial charge in [0.15, 0.2) is 0 Å². The van der Waals surface area contributed by atoms with Crippen LogP contribution in [-0.4, -0.2) is 44.3 Å². The van der Waals surface area contributed by atoms with Gasteiger partial charge in [-0.05, 0) is 49.8 Å². The zero-order valence-electron chi connectivity index (χ0n) is 14.7. The number of sulfonamides is 1. The molecule has 10 heteroatoms. The molecule has 1 unspecified atom stereocenters. The molecular formula is C17H24ClF2N3O3S. The second-order valence-corrected chi connectivity index (χ2v) is 8.91. The molecule has 1 aliphatic carbocycles. The van der Waals surface area contributed by atoms with Crippen LogP contribution in [0, 0.1) is 23.5 Å². The summed E-state index contributed by atoms with van der Waals surface area (Å²) in [5.41, 5.74) is 5.96. The number of amides is 1. The topological polar surface area (TPSA) is 92.5 Å². The first-order valence-electron chi connectivity index (χ1n) is 8.77. The molecule has 152 valence electrons. The zero-order valence-corrected chi connectivity index (χ0v) is 16.4. The molecule has 0 bridgehead atoms. The number of piperidine rings is 1. The third-order valence-electron chi connectivity index (χ3n) is 5.08. The maximum Gasteiger partial charge on any atom is 0.246 e. The first kappa shape index (κ1) is 22.0. The second kappa shape index (κ2) is 8.81. The van der Waals surface area contributed by atoms with E-state index in [1.54, 1.807) is 0 Å². The third-order valence-corrected chi connectivity index (χ3v) is 6.99. The number of hydrogen-bond acceptors (Lipinski definition) is 4. The molecule has 1 saturated carbocycles. The summed E-state index contributed by atoms with van der Waals surface area (Å²) >= 11 is 0. The van der Waals surface area contributed by atoms with Crippen molar-refractivity contribution in [2.24, 2.45) is 17.6 Å². The minimum atomic E-state index is -4.13. The number of carbonyl (C=O) groups is 1. The highest BCUT2D eigenvalue weighted by molar-refractivity contribution is 7.89. The van der Waals surface area contributed by atoms with Crippen molar-refractivity contribution in [1.82, 2.24) is 9.62 Å². The summed E-state index contributed by atoms with van der Waals surface area (Å²) in [4.78, 5) is 11.6. The number of rotatable bonds is 6. The highest BCUT2D eigenvalue weighted by Crippen LogP contribution is 2.31. The molecule has 1 amide bonds. The van der Waals surface area contributed by atoms with Crippen LogP contribution in [0.4, 0.5) is 8.78 Å². The summed E-state index contributed by atoms with van der Waals surface area (Å²) < 4.78 is 53.3. The minimum Gasteiger partial charge on any atom is -0.354 e. The van der Waals surface area contributed by atoms with E-state index in [4.69, 9.17) is 5.73 Å². The lowest BCUT2D eigenvalue weighted by molar-refractivity contribution is -0.126. The van der Waals surface area contributed by atoms with Crippen LogP contribution in [0.1, 0.15) is 25.7 Å². The molecule has 27 heavy (non-hydrogen) atoms. The Hall–Kier alpha value is -1.29. The van der Waals surface area contributed by atoms with Crippen LogP contribution in [0.15, 0.2) is 23.1 Å². The van der Waals surface area contributed by atoms with E-state index in [1.165, 1.54) is 0 Å². The van der Waals surface area contributed by atoms with Gasteiger partial charge in [-0.2, -0.15) is 4.31 Å². The van der Waals surface area contributed by atoms with E-state index in [-0.39, 0.29) is 43.4 Å². The molecule has 0 spiro atoms. The number of nitrogens with zero attached hydrogens (tertiary/aromatic N) is 1. The summed E-state index contributed by atoms with van der Waals surface area (Å²) in [5.74, 6) is -1.74. The molecular weight excluding hydrogens is 400 g/mol. The largest absolute Gasteiger partial charge is 0.354 e. The van der Waals surface area contributed by atoms with E-state index in [2.05, 4.69) is 5.32 Å². The van der Waals surface area contributed by atoms with Crippen LogP contribution in [-0.2, 0) is 14.8 Å². The van der Waals surface area contributed by atoms with E-state index in [0.29, 0.717) is 31.4 Å². The molecule has 0 radical (unpaired) electrons. The standard InChI is InChI=1S/C17H23F2N3O3S.ClH/c18-13-3-4-14(19)16(9-13)26(24,25)22-7-5-12(6-8-22)17(23)21-10-15(20)11-1-2-11;/h3-4,9,11-12,15H,1-2,5-8,10,20H2,(H,21,23);1H. The molecule has 1 atom stereocenters. The Balaban J connectivity index is 0.00000261. The van der Waals surface area contributed by atoms with Gasteiger partial charge in [0, 0.05) is 31.6 Å². The lowest BCUT2D eigenvalue weighted by Gasteiger charge is -2.30. The van der Waals surface area contributed by atoms with Crippen molar-refractivity contribution in [3.05, 3.63) is 29.8 Å². The smallest absolute Gasteiger partial charge is 0.246 e. The molecule has 1 aromatic carbocycles.